The lowest BCUT2D eigenvalue weighted by molar-refractivity contribution is 0.613. The molecule has 0 unspecified atom stereocenters. The molecule has 2 aromatic rings. The molecule has 0 bridgehead atoms. The third-order valence-electron chi connectivity index (χ3n) is 2.30. The van der Waals surface area contributed by atoms with Gasteiger partial charge < -0.3 is 5.73 Å². The number of aryl methyl sites for hydroxylation is 3. The Bertz CT molecular complexity index is 449. The first-order valence-corrected chi connectivity index (χ1v) is 4.80. The molecule has 15 heavy (non-hydrogen) atoms. The molecule has 0 aromatic carbocycles. The van der Waals surface area contributed by atoms with Crippen LogP contribution in [0.25, 0.3) is 0 Å². The second-order valence-electron chi connectivity index (χ2n) is 3.42. The molecular formula is C10H13N5. The molecule has 0 atom stereocenters. The summed E-state index contributed by atoms with van der Waals surface area (Å²) in [6.07, 6.45) is 6.23. The van der Waals surface area contributed by atoms with E-state index in [4.69, 9.17) is 5.73 Å². The molecule has 0 aliphatic carbocycles. The van der Waals surface area contributed by atoms with Crippen LogP contribution in [-0.2, 0) is 13.0 Å². The lowest BCUT2D eigenvalue weighted by atomic mass is 10.1. The van der Waals surface area contributed by atoms with Crippen LogP contribution in [0.1, 0.15) is 11.1 Å². The standard InChI is InChI=1S/C10H13N5/c1-8-6-12-4-2-9(8)3-5-15-7-13-10(11)14-15/h2,4,6-7H,3,5H2,1H3,(H2,11,14). The summed E-state index contributed by atoms with van der Waals surface area (Å²) in [5.41, 5.74) is 7.90. The first kappa shape index (κ1) is 9.64. The van der Waals surface area contributed by atoms with Gasteiger partial charge in [-0.25, -0.2) is 4.98 Å². The van der Waals surface area contributed by atoms with Crippen molar-refractivity contribution in [3.8, 4) is 0 Å². The molecule has 0 amide bonds. The zero-order valence-corrected chi connectivity index (χ0v) is 8.59. The Morgan fingerprint density at radius 3 is 3.00 bits per heavy atom. The van der Waals surface area contributed by atoms with Crippen LogP contribution in [0.15, 0.2) is 24.8 Å². The molecule has 5 nitrogen and oxygen atoms in total. The Labute approximate surface area is 88.0 Å². The largest absolute Gasteiger partial charge is 0.367 e. The highest BCUT2D eigenvalue weighted by atomic mass is 15.3. The monoisotopic (exact) mass is 203 g/mol. The predicted octanol–water partition coefficient (Wildman–Crippen LogP) is 0.806. The maximum atomic E-state index is 5.42. The van der Waals surface area contributed by atoms with Gasteiger partial charge in [0, 0.05) is 18.9 Å². The van der Waals surface area contributed by atoms with Crippen molar-refractivity contribution in [3.05, 3.63) is 35.9 Å². The van der Waals surface area contributed by atoms with Crippen molar-refractivity contribution in [1.29, 1.82) is 0 Å². The van der Waals surface area contributed by atoms with Crippen LogP contribution in [0, 0.1) is 6.92 Å². The van der Waals surface area contributed by atoms with Crippen molar-refractivity contribution in [2.45, 2.75) is 19.9 Å². The van der Waals surface area contributed by atoms with Crippen molar-refractivity contribution in [2.75, 3.05) is 5.73 Å². The van der Waals surface area contributed by atoms with Crippen molar-refractivity contribution >= 4 is 5.95 Å². The van der Waals surface area contributed by atoms with Crippen LogP contribution in [0.2, 0.25) is 0 Å². The average Bonchev–Trinajstić information content (AvgIpc) is 2.63. The van der Waals surface area contributed by atoms with E-state index in [2.05, 4.69) is 22.0 Å². The summed E-state index contributed by atoms with van der Waals surface area (Å²) in [4.78, 5) is 7.92. The fourth-order valence-corrected chi connectivity index (χ4v) is 1.43. The smallest absolute Gasteiger partial charge is 0.239 e. The zero-order chi connectivity index (χ0) is 10.7. The van der Waals surface area contributed by atoms with E-state index in [9.17, 15) is 0 Å². The maximum Gasteiger partial charge on any atom is 0.239 e. The lowest BCUT2D eigenvalue weighted by Gasteiger charge is -2.04. The minimum atomic E-state index is 0.321. The molecule has 5 heteroatoms. The van der Waals surface area contributed by atoms with Crippen molar-refractivity contribution in [2.24, 2.45) is 0 Å². The number of pyridine rings is 1. The summed E-state index contributed by atoms with van der Waals surface area (Å²) in [5.74, 6) is 0.321. The lowest BCUT2D eigenvalue weighted by Crippen LogP contribution is -2.03. The fraction of sp³-hybridized carbons (Fsp3) is 0.300. The molecule has 0 aliphatic rings. The Morgan fingerprint density at radius 1 is 1.47 bits per heavy atom. The number of hydrogen-bond acceptors (Lipinski definition) is 4. The summed E-state index contributed by atoms with van der Waals surface area (Å²) in [7, 11) is 0. The summed E-state index contributed by atoms with van der Waals surface area (Å²) >= 11 is 0. The SMILES string of the molecule is Cc1cnccc1CCn1cnc(N)n1. The zero-order valence-electron chi connectivity index (χ0n) is 8.59. The Balaban J connectivity index is 2.02. The van der Waals surface area contributed by atoms with Gasteiger partial charge in [0.05, 0.1) is 0 Å². The maximum absolute atomic E-state index is 5.42. The van der Waals surface area contributed by atoms with Gasteiger partial charge in [0.25, 0.3) is 0 Å². The summed E-state index contributed by atoms with van der Waals surface area (Å²) in [6.45, 7) is 2.84. The molecule has 0 saturated carbocycles. The minimum absolute atomic E-state index is 0.321. The summed E-state index contributed by atoms with van der Waals surface area (Å²) in [6, 6.07) is 2.02. The van der Waals surface area contributed by atoms with E-state index in [1.807, 2.05) is 12.3 Å². The van der Waals surface area contributed by atoms with E-state index >= 15 is 0 Å². The molecule has 0 radical (unpaired) electrons. The van der Waals surface area contributed by atoms with E-state index in [1.165, 1.54) is 11.1 Å². The van der Waals surface area contributed by atoms with Crippen molar-refractivity contribution in [1.82, 2.24) is 19.7 Å². The van der Waals surface area contributed by atoms with Gasteiger partial charge in [0.2, 0.25) is 5.95 Å². The van der Waals surface area contributed by atoms with Gasteiger partial charge in [-0.1, -0.05) is 0 Å². The number of rotatable bonds is 3. The predicted molar refractivity (Wildman–Crippen MR) is 57.1 cm³/mol. The molecular weight excluding hydrogens is 190 g/mol. The average molecular weight is 203 g/mol. The van der Waals surface area contributed by atoms with Crippen LogP contribution in [-0.4, -0.2) is 19.7 Å². The number of anilines is 1. The van der Waals surface area contributed by atoms with Crippen LogP contribution < -0.4 is 5.73 Å². The number of nitrogens with two attached hydrogens (primary N) is 1. The molecule has 2 aromatic heterocycles. The summed E-state index contributed by atoms with van der Waals surface area (Å²) < 4.78 is 1.75. The molecule has 2 rings (SSSR count). The number of hydrogen-bond donors (Lipinski definition) is 1. The van der Waals surface area contributed by atoms with Crippen LogP contribution in [0.3, 0.4) is 0 Å². The van der Waals surface area contributed by atoms with Crippen molar-refractivity contribution < 1.29 is 0 Å². The van der Waals surface area contributed by atoms with Crippen LogP contribution >= 0.6 is 0 Å². The van der Waals surface area contributed by atoms with Gasteiger partial charge in [0.1, 0.15) is 6.33 Å². The van der Waals surface area contributed by atoms with E-state index < -0.39 is 0 Å². The quantitative estimate of drug-likeness (QED) is 0.801. The third kappa shape index (κ3) is 2.31. The highest BCUT2D eigenvalue weighted by Gasteiger charge is 1.99. The van der Waals surface area contributed by atoms with Gasteiger partial charge in [-0.2, -0.15) is 0 Å². The Kier molecular flexibility index (Phi) is 2.62. The fourth-order valence-electron chi connectivity index (χ4n) is 1.43. The normalized spacial score (nSPS) is 10.5. The summed E-state index contributed by atoms with van der Waals surface area (Å²) in [5, 5.41) is 4.02. The van der Waals surface area contributed by atoms with Crippen LogP contribution in [0.5, 0.6) is 0 Å². The van der Waals surface area contributed by atoms with Gasteiger partial charge in [-0.3, -0.25) is 9.67 Å². The second kappa shape index (κ2) is 4.08. The van der Waals surface area contributed by atoms with E-state index in [1.54, 1.807) is 17.2 Å². The number of nitrogen functional groups attached to an aromatic ring is 1. The first-order valence-electron chi connectivity index (χ1n) is 4.80. The molecule has 0 saturated heterocycles. The molecule has 0 spiro atoms. The molecule has 2 heterocycles. The topological polar surface area (TPSA) is 69.6 Å². The van der Waals surface area contributed by atoms with Crippen LogP contribution in [0.4, 0.5) is 5.95 Å². The number of nitrogens with zero attached hydrogens (tertiary/aromatic N) is 4. The molecule has 0 fully saturated rings. The van der Waals surface area contributed by atoms with Crippen molar-refractivity contribution in [3.63, 3.8) is 0 Å². The van der Waals surface area contributed by atoms with Gasteiger partial charge >= 0.3 is 0 Å². The molecule has 2 N–H and O–H groups in total. The van der Waals surface area contributed by atoms with E-state index in [0.29, 0.717) is 5.95 Å². The first-order chi connectivity index (χ1) is 7.25. The van der Waals surface area contributed by atoms with E-state index in [0.717, 1.165) is 13.0 Å². The highest BCUT2D eigenvalue weighted by molar-refractivity contribution is 5.21. The second-order valence-corrected chi connectivity index (χ2v) is 3.42. The van der Waals surface area contributed by atoms with Gasteiger partial charge in [-0.05, 0) is 30.5 Å². The Hall–Kier alpha value is -1.91. The van der Waals surface area contributed by atoms with Gasteiger partial charge in [0.15, 0.2) is 0 Å². The highest BCUT2D eigenvalue weighted by Crippen LogP contribution is 2.06. The Morgan fingerprint density at radius 2 is 2.33 bits per heavy atom. The third-order valence-corrected chi connectivity index (χ3v) is 2.30. The molecule has 78 valence electrons. The minimum Gasteiger partial charge on any atom is -0.367 e. The number of aromatic nitrogens is 4. The molecule has 0 aliphatic heterocycles. The van der Waals surface area contributed by atoms with Gasteiger partial charge in [-0.15, -0.1) is 5.10 Å². The van der Waals surface area contributed by atoms with E-state index in [-0.39, 0.29) is 0 Å².